The normalized spacial score (nSPS) is 20.8. The second-order valence-electron chi connectivity index (χ2n) is 2.85. The molecule has 0 amide bonds. The summed E-state index contributed by atoms with van der Waals surface area (Å²) in [4.78, 5) is 8.28. The van der Waals surface area contributed by atoms with Gasteiger partial charge in [0.05, 0.1) is 5.69 Å². The third kappa shape index (κ3) is 1.21. The highest BCUT2D eigenvalue weighted by atomic mass is 31.1. The van der Waals surface area contributed by atoms with Gasteiger partial charge in [-0.25, -0.2) is 0 Å². The van der Waals surface area contributed by atoms with Gasteiger partial charge in [0.15, 0.2) is 0 Å². The van der Waals surface area contributed by atoms with Crippen molar-refractivity contribution in [3.63, 3.8) is 0 Å². The summed E-state index contributed by atoms with van der Waals surface area (Å²) in [5, 5.41) is 3.97. The molecule has 3 nitrogen and oxygen atoms in total. The second kappa shape index (κ2) is 2.83. The van der Waals surface area contributed by atoms with Crippen LogP contribution in [0, 0.1) is 6.92 Å². The maximum Gasteiger partial charge on any atom is 0.127 e. The molecule has 2 heterocycles. The molecule has 0 fully saturated rings. The quantitative estimate of drug-likeness (QED) is 0.608. The highest BCUT2D eigenvalue weighted by Gasteiger charge is 2.11. The Labute approximate surface area is 72.0 Å². The van der Waals surface area contributed by atoms with Crippen molar-refractivity contribution in [1.82, 2.24) is 4.98 Å². The van der Waals surface area contributed by atoms with Crippen LogP contribution in [0.15, 0.2) is 28.3 Å². The molecule has 0 saturated carbocycles. The zero-order valence-electron chi connectivity index (χ0n) is 7.07. The van der Waals surface area contributed by atoms with Crippen LogP contribution in [0.5, 0.6) is 0 Å². The number of pyridine rings is 1. The molecule has 1 aliphatic heterocycles. The summed E-state index contributed by atoms with van der Waals surface area (Å²) in [6.45, 7) is 4.15. The van der Waals surface area contributed by atoms with Gasteiger partial charge in [-0.15, -0.1) is 5.11 Å². The fourth-order valence-corrected chi connectivity index (χ4v) is 1.96. The van der Waals surface area contributed by atoms with Crippen LogP contribution in [0.2, 0.25) is 0 Å². The number of aryl methyl sites for hydroxylation is 1. The fraction of sp³-hybridized carbons (Fsp3) is 0.250. The van der Waals surface area contributed by atoms with E-state index in [4.69, 9.17) is 0 Å². The van der Waals surface area contributed by atoms with E-state index in [2.05, 4.69) is 27.7 Å². The van der Waals surface area contributed by atoms with Crippen LogP contribution >= 0.6 is 7.70 Å². The van der Waals surface area contributed by atoms with Crippen LogP contribution in [0.1, 0.15) is 11.3 Å². The molecule has 1 aliphatic rings. The van der Waals surface area contributed by atoms with Crippen LogP contribution in [0.4, 0.5) is 0 Å². The zero-order chi connectivity index (χ0) is 8.55. The lowest BCUT2D eigenvalue weighted by atomic mass is 10.3. The van der Waals surface area contributed by atoms with Crippen molar-refractivity contribution in [2.75, 3.05) is 6.66 Å². The molecule has 4 heteroatoms. The van der Waals surface area contributed by atoms with E-state index in [0.717, 1.165) is 11.1 Å². The Morgan fingerprint density at radius 2 is 2.17 bits per heavy atom. The Hall–Kier alpha value is -0.950. The Morgan fingerprint density at radius 1 is 1.33 bits per heavy atom. The smallest absolute Gasteiger partial charge is 0.127 e. The largest absolute Gasteiger partial charge is 0.254 e. The van der Waals surface area contributed by atoms with Gasteiger partial charge in [0.25, 0.3) is 0 Å². The number of hydrogen-bond donors (Lipinski definition) is 0. The van der Waals surface area contributed by atoms with Crippen molar-refractivity contribution >= 4 is 13.1 Å². The van der Waals surface area contributed by atoms with Gasteiger partial charge >= 0.3 is 0 Å². The highest BCUT2D eigenvalue weighted by molar-refractivity contribution is 7.58. The first-order valence-electron chi connectivity index (χ1n) is 3.83. The van der Waals surface area contributed by atoms with Gasteiger partial charge in [-0.3, -0.25) is 4.98 Å². The molecule has 62 valence electrons. The maximum absolute atomic E-state index is 4.29. The Morgan fingerprint density at radius 3 is 2.58 bits per heavy atom. The van der Waals surface area contributed by atoms with Crippen LogP contribution < -0.4 is 0 Å². The SMILES string of the molecule is Cc1ccc(C2=[PH](C)N=N2)nc1. The number of rotatable bonds is 1. The van der Waals surface area contributed by atoms with E-state index in [9.17, 15) is 0 Å². The van der Waals surface area contributed by atoms with Gasteiger partial charge in [0, 0.05) is 13.9 Å². The third-order valence-electron chi connectivity index (χ3n) is 1.80. The monoisotopic (exact) mass is 179 g/mol. The van der Waals surface area contributed by atoms with E-state index >= 15 is 0 Å². The summed E-state index contributed by atoms with van der Waals surface area (Å²) in [6.07, 6.45) is 1.87. The Balaban J connectivity index is 2.37. The average molecular weight is 179 g/mol. The molecule has 0 saturated heterocycles. The second-order valence-corrected chi connectivity index (χ2v) is 4.70. The van der Waals surface area contributed by atoms with Crippen molar-refractivity contribution in [3.8, 4) is 0 Å². The first kappa shape index (κ1) is 7.69. The lowest BCUT2D eigenvalue weighted by Gasteiger charge is -2.09. The van der Waals surface area contributed by atoms with E-state index in [-0.39, 0.29) is 0 Å². The van der Waals surface area contributed by atoms with E-state index in [0.29, 0.717) is 0 Å². The molecular weight excluding hydrogens is 169 g/mol. The number of aromatic nitrogens is 1. The first-order chi connectivity index (χ1) is 5.77. The van der Waals surface area contributed by atoms with Crippen molar-refractivity contribution in [1.29, 1.82) is 0 Å². The maximum atomic E-state index is 4.29. The summed E-state index contributed by atoms with van der Waals surface area (Å²) in [5.41, 5.74) is 3.27. The molecule has 1 atom stereocenters. The van der Waals surface area contributed by atoms with Crippen LogP contribution in [-0.4, -0.2) is 17.1 Å². The summed E-state index contributed by atoms with van der Waals surface area (Å²) >= 11 is 0. The first-order valence-corrected chi connectivity index (χ1v) is 5.78. The average Bonchev–Trinajstić information content (AvgIpc) is 2.06. The van der Waals surface area contributed by atoms with Gasteiger partial charge in [0.2, 0.25) is 0 Å². The minimum atomic E-state index is -0.684. The molecule has 0 spiro atoms. The Kier molecular flexibility index (Phi) is 1.81. The molecule has 0 radical (unpaired) electrons. The minimum absolute atomic E-state index is 0.684. The van der Waals surface area contributed by atoms with Gasteiger partial charge in [-0.05, 0) is 25.2 Å². The lowest BCUT2D eigenvalue weighted by molar-refractivity contribution is 1.22. The van der Waals surface area contributed by atoms with Crippen molar-refractivity contribution in [2.24, 2.45) is 10.00 Å². The summed E-state index contributed by atoms with van der Waals surface area (Å²) in [7, 11) is -0.684. The van der Waals surface area contributed by atoms with E-state index in [1.165, 1.54) is 5.56 Å². The van der Waals surface area contributed by atoms with Gasteiger partial charge < -0.3 is 0 Å². The van der Waals surface area contributed by atoms with E-state index in [1.807, 2.05) is 19.2 Å². The molecule has 12 heavy (non-hydrogen) atoms. The summed E-state index contributed by atoms with van der Waals surface area (Å²) in [5.74, 6) is 0. The highest BCUT2D eigenvalue weighted by Crippen LogP contribution is 2.33. The standard InChI is InChI=1S/C8H10N3P/c1-6-3-4-7(9-5-6)8-10-11-12(8)2/h3-5,12H,1-2H3. The lowest BCUT2D eigenvalue weighted by Crippen LogP contribution is -2.02. The van der Waals surface area contributed by atoms with Crippen molar-refractivity contribution in [3.05, 3.63) is 29.6 Å². The van der Waals surface area contributed by atoms with Crippen LogP contribution in [0.25, 0.3) is 0 Å². The van der Waals surface area contributed by atoms with Gasteiger partial charge in [-0.1, -0.05) is 6.07 Å². The minimum Gasteiger partial charge on any atom is -0.254 e. The van der Waals surface area contributed by atoms with Crippen LogP contribution in [-0.2, 0) is 0 Å². The third-order valence-corrected chi connectivity index (χ3v) is 3.24. The molecule has 1 aromatic rings. The van der Waals surface area contributed by atoms with E-state index in [1.54, 1.807) is 0 Å². The summed E-state index contributed by atoms with van der Waals surface area (Å²) < 4.78 is 0. The molecule has 0 aliphatic carbocycles. The molecule has 1 unspecified atom stereocenters. The number of hydrogen-bond acceptors (Lipinski definition) is 3. The van der Waals surface area contributed by atoms with E-state index < -0.39 is 7.70 Å². The molecule has 2 rings (SSSR count). The molecule has 0 aromatic carbocycles. The molecule has 1 aromatic heterocycles. The molecular formula is C8H10N3P. The fourth-order valence-electron chi connectivity index (χ4n) is 1.04. The zero-order valence-corrected chi connectivity index (χ0v) is 8.07. The predicted octanol–water partition coefficient (Wildman–Crippen LogP) is 2.09. The summed E-state index contributed by atoms with van der Waals surface area (Å²) in [6, 6.07) is 4.06. The van der Waals surface area contributed by atoms with Crippen LogP contribution in [0.3, 0.4) is 0 Å². The van der Waals surface area contributed by atoms with Crippen molar-refractivity contribution < 1.29 is 0 Å². The topological polar surface area (TPSA) is 37.6 Å². The predicted molar refractivity (Wildman–Crippen MR) is 52.2 cm³/mol. The van der Waals surface area contributed by atoms with Gasteiger partial charge in [-0.2, -0.15) is 4.88 Å². The Bertz CT molecular complexity index is 364. The molecule has 0 N–H and O–H groups in total. The number of nitrogens with zero attached hydrogens (tertiary/aromatic N) is 3. The van der Waals surface area contributed by atoms with Gasteiger partial charge in [0.1, 0.15) is 5.42 Å². The molecule has 0 bridgehead atoms. The van der Waals surface area contributed by atoms with Crippen molar-refractivity contribution in [2.45, 2.75) is 6.92 Å².